The Morgan fingerprint density at radius 3 is 2.79 bits per heavy atom. The van der Waals surface area contributed by atoms with Crippen LogP contribution in [0.5, 0.6) is 0 Å². The molecule has 1 unspecified atom stereocenters. The van der Waals surface area contributed by atoms with Crippen molar-refractivity contribution in [3.05, 3.63) is 75.0 Å². The van der Waals surface area contributed by atoms with E-state index in [1.165, 1.54) is 12.1 Å². The first-order chi connectivity index (χ1) is 13.3. The highest BCUT2D eigenvalue weighted by atomic mass is 16.6. The van der Waals surface area contributed by atoms with Gasteiger partial charge in [0.1, 0.15) is 5.69 Å². The molecule has 1 aliphatic carbocycles. The number of benzene rings is 2. The highest BCUT2D eigenvalue weighted by Crippen LogP contribution is 2.45. The van der Waals surface area contributed by atoms with Gasteiger partial charge in [-0.15, -0.1) is 0 Å². The highest BCUT2D eigenvalue weighted by Gasteiger charge is 2.40. The number of H-pyrrole nitrogens is 1. The fraction of sp³-hybridized carbons (Fsp3) is 0.238. The second kappa shape index (κ2) is 6.20. The molecule has 1 aromatic heterocycles. The Morgan fingerprint density at radius 1 is 1.29 bits per heavy atom. The van der Waals surface area contributed by atoms with Crippen LogP contribution < -0.4 is 5.32 Å². The number of carbonyl (C=O) groups excluding carboxylic acids is 1. The summed E-state index contributed by atoms with van der Waals surface area (Å²) in [5.41, 5.74) is 3.44. The van der Waals surface area contributed by atoms with Crippen LogP contribution in [0.2, 0.25) is 0 Å². The Labute approximate surface area is 161 Å². The lowest BCUT2D eigenvalue weighted by molar-refractivity contribution is -0.384. The minimum atomic E-state index is -0.461. The van der Waals surface area contributed by atoms with Gasteiger partial charge in [0.15, 0.2) is 0 Å². The van der Waals surface area contributed by atoms with Crippen LogP contribution in [-0.2, 0) is 6.42 Å². The molecule has 1 heterocycles. The zero-order valence-electron chi connectivity index (χ0n) is 15.4. The van der Waals surface area contributed by atoms with Crippen LogP contribution in [0.3, 0.4) is 0 Å². The third-order valence-corrected chi connectivity index (χ3v) is 5.35. The van der Waals surface area contributed by atoms with Gasteiger partial charge in [-0.3, -0.25) is 14.9 Å². The van der Waals surface area contributed by atoms with Crippen LogP contribution in [0.4, 0.5) is 5.69 Å². The molecule has 2 aromatic carbocycles. The van der Waals surface area contributed by atoms with Gasteiger partial charge in [0, 0.05) is 23.0 Å². The van der Waals surface area contributed by atoms with Gasteiger partial charge in [-0.25, -0.2) is 0 Å². The van der Waals surface area contributed by atoms with Crippen molar-refractivity contribution in [1.82, 2.24) is 10.3 Å². The lowest BCUT2D eigenvalue weighted by Gasteiger charge is -2.28. The molecule has 7 nitrogen and oxygen atoms in total. The predicted octanol–water partition coefficient (Wildman–Crippen LogP) is 4.00. The van der Waals surface area contributed by atoms with Crippen molar-refractivity contribution in [3.8, 4) is 6.07 Å². The molecule has 0 spiro atoms. The number of aromatic amines is 1. The number of nitro benzene ring substituents is 1. The number of nitrogens with zero attached hydrogens (tertiary/aromatic N) is 2. The van der Waals surface area contributed by atoms with Crippen molar-refractivity contribution in [2.24, 2.45) is 5.41 Å². The van der Waals surface area contributed by atoms with E-state index in [0.717, 1.165) is 17.5 Å². The quantitative estimate of drug-likeness (QED) is 0.533. The van der Waals surface area contributed by atoms with Gasteiger partial charge in [0.25, 0.3) is 11.6 Å². The van der Waals surface area contributed by atoms with E-state index in [9.17, 15) is 20.2 Å². The minimum absolute atomic E-state index is 0.0201. The number of nitriles is 1. The molecular weight excluding hydrogens is 356 g/mol. The average Bonchev–Trinajstić information content (AvgIpc) is 3.19. The van der Waals surface area contributed by atoms with Gasteiger partial charge in [0.2, 0.25) is 0 Å². The maximum atomic E-state index is 12.9. The van der Waals surface area contributed by atoms with Gasteiger partial charge in [0.05, 0.1) is 22.6 Å². The summed E-state index contributed by atoms with van der Waals surface area (Å²) in [6, 6.07) is 13.6. The topological polar surface area (TPSA) is 112 Å². The molecule has 0 fully saturated rings. The second-order valence-electron chi connectivity index (χ2n) is 7.81. The summed E-state index contributed by atoms with van der Waals surface area (Å²) in [6.07, 6.45) is 0.803. The maximum Gasteiger partial charge on any atom is 0.270 e. The number of rotatable bonds is 3. The van der Waals surface area contributed by atoms with E-state index in [1.54, 1.807) is 18.2 Å². The Kier molecular flexibility index (Phi) is 3.93. The van der Waals surface area contributed by atoms with Crippen LogP contribution in [0.25, 0.3) is 10.9 Å². The van der Waals surface area contributed by atoms with Gasteiger partial charge in [-0.1, -0.05) is 19.9 Å². The van der Waals surface area contributed by atoms with Crippen molar-refractivity contribution in [2.45, 2.75) is 26.3 Å². The molecule has 0 radical (unpaired) electrons. The van der Waals surface area contributed by atoms with Gasteiger partial charge >= 0.3 is 0 Å². The molecule has 1 atom stereocenters. The zero-order chi connectivity index (χ0) is 20.1. The summed E-state index contributed by atoms with van der Waals surface area (Å²) in [4.78, 5) is 26.4. The third kappa shape index (κ3) is 2.89. The molecule has 28 heavy (non-hydrogen) atoms. The van der Waals surface area contributed by atoms with E-state index < -0.39 is 4.92 Å². The number of nitrogens with one attached hydrogen (secondary N) is 2. The molecule has 0 bridgehead atoms. The SMILES string of the molecule is CC1(C)Cc2ccc(C#N)cc2C1NC(=O)c1cc2cc([N+](=O)[O-])ccc2[nH]1. The molecule has 140 valence electrons. The molecular formula is C21H18N4O3. The third-order valence-electron chi connectivity index (χ3n) is 5.35. The summed E-state index contributed by atoms with van der Waals surface area (Å²) in [7, 11) is 0. The van der Waals surface area contributed by atoms with Gasteiger partial charge in [-0.2, -0.15) is 5.26 Å². The average molecular weight is 374 g/mol. The van der Waals surface area contributed by atoms with Crippen molar-refractivity contribution >= 4 is 22.5 Å². The smallest absolute Gasteiger partial charge is 0.270 e. The number of amides is 1. The Morgan fingerprint density at radius 2 is 2.07 bits per heavy atom. The summed E-state index contributed by atoms with van der Waals surface area (Å²) < 4.78 is 0. The van der Waals surface area contributed by atoms with Crippen LogP contribution >= 0.6 is 0 Å². The number of hydrogen-bond acceptors (Lipinski definition) is 4. The zero-order valence-corrected chi connectivity index (χ0v) is 15.4. The van der Waals surface area contributed by atoms with Crippen molar-refractivity contribution < 1.29 is 9.72 Å². The molecule has 1 amide bonds. The fourth-order valence-electron chi connectivity index (χ4n) is 3.95. The number of carbonyl (C=O) groups is 1. The van der Waals surface area contributed by atoms with E-state index in [1.807, 2.05) is 12.1 Å². The molecule has 1 aliphatic rings. The van der Waals surface area contributed by atoms with Crippen LogP contribution in [0.15, 0.2) is 42.5 Å². The molecule has 3 aromatic rings. The van der Waals surface area contributed by atoms with Crippen molar-refractivity contribution in [3.63, 3.8) is 0 Å². The van der Waals surface area contributed by atoms with E-state index in [-0.39, 0.29) is 23.1 Å². The first-order valence-electron chi connectivity index (χ1n) is 8.89. The molecule has 0 saturated carbocycles. The van der Waals surface area contributed by atoms with Crippen LogP contribution in [-0.4, -0.2) is 15.8 Å². The number of aromatic nitrogens is 1. The molecule has 0 aliphatic heterocycles. The largest absolute Gasteiger partial charge is 0.351 e. The predicted molar refractivity (Wildman–Crippen MR) is 104 cm³/mol. The Balaban J connectivity index is 1.66. The molecule has 7 heteroatoms. The fourth-order valence-corrected chi connectivity index (χ4v) is 3.95. The summed E-state index contributed by atoms with van der Waals surface area (Å²) >= 11 is 0. The van der Waals surface area contributed by atoms with Crippen molar-refractivity contribution in [2.75, 3.05) is 0 Å². The van der Waals surface area contributed by atoms with Crippen molar-refractivity contribution in [1.29, 1.82) is 5.26 Å². The standard InChI is InChI=1S/C21H18N4O3/c1-21(2)10-13-4-3-12(11-22)7-16(13)19(21)24-20(26)18-9-14-8-15(25(27)28)5-6-17(14)23-18/h3-9,19,23H,10H2,1-2H3,(H,24,26). The lowest BCUT2D eigenvalue weighted by Crippen LogP contribution is -2.35. The summed E-state index contributed by atoms with van der Waals surface area (Å²) in [5, 5.41) is 23.8. The normalized spacial score (nSPS) is 17.1. The maximum absolute atomic E-state index is 12.9. The lowest BCUT2D eigenvalue weighted by atomic mass is 9.85. The van der Waals surface area contributed by atoms with Gasteiger partial charge in [-0.05, 0) is 47.2 Å². The number of nitro groups is 1. The molecule has 4 rings (SSSR count). The van der Waals surface area contributed by atoms with Gasteiger partial charge < -0.3 is 10.3 Å². The van der Waals surface area contributed by atoms with E-state index in [4.69, 9.17) is 0 Å². The first-order valence-corrected chi connectivity index (χ1v) is 8.89. The Hall–Kier alpha value is -3.66. The highest BCUT2D eigenvalue weighted by molar-refractivity contribution is 5.98. The molecule has 0 saturated heterocycles. The summed E-state index contributed by atoms with van der Waals surface area (Å²) in [5.74, 6) is -0.285. The second-order valence-corrected chi connectivity index (χ2v) is 7.81. The van der Waals surface area contributed by atoms with Crippen LogP contribution in [0, 0.1) is 26.9 Å². The van der Waals surface area contributed by atoms with Crippen LogP contribution in [0.1, 0.15) is 47.1 Å². The first kappa shape index (κ1) is 17.7. The monoisotopic (exact) mass is 374 g/mol. The summed E-state index contributed by atoms with van der Waals surface area (Å²) in [6.45, 7) is 4.16. The van der Waals surface area contributed by atoms with E-state index in [2.05, 4.69) is 30.2 Å². The van der Waals surface area contributed by atoms with E-state index in [0.29, 0.717) is 22.2 Å². The molecule has 2 N–H and O–H groups in total. The number of fused-ring (bicyclic) bond motifs is 2. The van der Waals surface area contributed by atoms with E-state index >= 15 is 0 Å². The Bertz CT molecular complexity index is 1170. The number of non-ortho nitro benzene ring substituents is 1. The number of hydrogen-bond donors (Lipinski definition) is 2. The minimum Gasteiger partial charge on any atom is -0.351 e.